The Kier molecular flexibility index (Phi) is 4.90. The highest BCUT2D eigenvalue weighted by atomic mass is 19.1. The minimum absolute atomic E-state index is 0.178. The van der Waals surface area contributed by atoms with Crippen molar-refractivity contribution in [2.75, 3.05) is 6.61 Å². The summed E-state index contributed by atoms with van der Waals surface area (Å²) in [5.74, 6) is -2.09. The van der Waals surface area contributed by atoms with E-state index in [1.807, 2.05) is 32.9 Å². The molecule has 3 rings (SSSR count). The smallest absolute Gasteiger partial charge is 0.191 e. The van der Waals surface area contributed by atoms with Crippen LogP contribution in [0.5, 0.6) is 5.75 Å². The van der Waals surface area contributed by atoms with Crippen molar-refractivity contribution < 1.29 is 18.3 Å². The number of benzene rings is 2. The van der Waals surface area contributed by atoms with E-state index < -0.39 is 23.0 Å². The van der Waals surface area contributed by atoms with Gasteiger partial charge in [0.1, 0.15) is 16.6 Å². The molecular formula is C20H23F2N3O2. The zero-order valence-corrected chi connectivity index (χ0v) is 16.1. The summed E-state index contributed by atoms with van der Waals surface area (Å²) in [7, 11) is 0. The van der Waals surface area contributed by atoms with Gasteiger partial charge in [0.15, 0.2) is 17.4 Å². The van der Waals surface area contributed by atoms with Gasteiger partial charge in [0.25, 0.3) is 0 Å². The third-order valence-corrected chi connectivity index (χ3v) is 3.73. The standard InChI is InChI=1S/C20H23F2N3O2/c1-19(2,3)26-12-20(4,5)27-18-14(21)10-13(11-15(18)22)25-23-16-8-6-7-9-17(16)24-25/h6-11H,12H2,1-5H3. The predicted octanol–water partition coefficient (Wildman–Crippen LogP) is 4.67. The number of fused-ring (bicyclic) bond motifs is 1. The van der Waals surface area contributed by atoms with Gasteiger partial charge in [-0.2, -0.15) is 4.80 Å². The first-order valence-corrected chi connectivity index (χ1v) is 8.69. The summed E-state index contributed by atoms with van der Waals surface area (Å²) in [5.41, 5.74) is 0.167. The second kappa shape index (κ2) is 6.88. The van der Waals surface area contributed by atoms with Crippen LogP contribution in [-0.2, 0) is 4.74 Å². The number of halogens is 2. The Morgan fingerprint density at radius 1 is 0.926 bits per heavy atom. The number of rotatable bonds is 5. The first kappa shape index (κ1) is 19.2. The van der Waals surface area contributed by atoms with Crippen LogP contribution in [-0.4, -0.2) is 32.8 Å². The second-order valence-corrected chi connectivity index (χ2v) is 7.98. The van der Waals surface area contributed by atoms with E-state index in [2.05, 4.69) is 10.2 Å². The summed E-state index contributed by atoms with van der Waals surface area (Å²) >= 11 is 0. The molecule has 0 amide bonds. The summed E-state index contributed by atoms with van der Waals surface area (Å²) in [6, 6.07) is 9.50. The van der Waals surface area contributed by atoms with Crippen molar-refractivity contribution in [1.82, 2.24) is 15.0 Å². The lowest BCUT2D eigenvalue weighted by Crippen LogP contribution is -2.38. The van der Waals surface area contributed by atoms with Gasteiger partial charge in [-0.1, -0.05) is 12.1 Å². The Balaban J connectivity index is 1.86. The highest BCUT2D eigenvalue weighted by Gasteiger charge is 2.27. The maximum absolute atomic E-state index is 14.6. The number of nitrogens with zero attached hydrogens (tertiary/aromatic N) is 3. The molecule has 0 saturated carbocycles. The zero-order chi connectivity index (χ0) is 19.8. The Hall–Kier alpha value is -2.54. The minimum atomic E-state index is -0.908. The summed E-state index contributed by atoms with van der Waals surface area (Å²) in [5, 5.41) is 8.47. The quantitative estimate of drug-likeness (QED) is 0.650. The summed E-state index contributed by atoms with van der Waals surface area (Å²) in [6.07, 6.45) is 0. The Morgan fingerprint density at radius 2 is 1.44 bits per heavy atom. The molecule has 0 spiro atoms. The molecule has 1 aromatic heterocycles. The highest BCUT2D eigenvalue weighted by molar-refractivity contribution is 5.73. The molecule has 27 heavy (non-hydrogen) atoms. The first-order valence-electron chi connectivity index (χ1n) is 8.69. The van der Waals surface area contributed by atoms with E-state index in [9.17, 15) is 8.78 Å². The number of hydrogen-bond donors (Lipinski definition) is 0. The zero-order valence-electron chi connectivity index (χ0n) is 16.1. The fraction of sp³-hybridized carbons (Fsp3) is 0.400. The molecule has 0 radical (unpaired) electrons. The van der Waals surface area contributed by atoms with Crippen LogP contribution in [0.15, 0.2) is 36.4 Å². The van der Waals surface area contributed by atoms with Gasteiger partial charge in [-0.05, 0) is 46.8 Å². The predicted molar refractivity (Wildman–Crippen MR) is 99.2 cm³/mol. The molecule has 144 valence electrons. The Morgan fingerprint density at radius 3 is 1.93 bits per heavy atom. The topological polar surface area (TPSA) is 49.2 Å². The van der Waals surface area contributed by atoms with Crippen molar-refractivity contribution >= 4 is 11.0 Å². The lowest BCUT2D eigenvalue weighted by atomic mass is 10.1. The van der Waals surface area contributed by atoms with Gasteiger partial charge in [-0.15, -0.1) is 10.2 Å². The number of aromatic nitrogens is 3. The molecule has 1 heterocycles. The molecule has 2 aromatic carbocycles. The first-order chi connectivity index (χ1) is 12.5. The highest BCUT2D eigenvalue weighted by Crippen LogP contribution is 2.29. The molecule has 0 atom stereocenters. The number of hydrogen-bond acceptors (Lipinski definition) is 4. The summed E-state index contributed by atoms with van der Waals surface area (Å²) in [6.45, 7) is 9.32. The van der Waals surface area contributed by atoms with Crippen LogP contribution < -0.4 is 4.74 Å². The van der Waals surface area contributed by atoms with Crippen LogP contribution in [0, 0.1) is 11.6 Å². The molecule has 0 N–H and O–H groups in total. The van der Waals surface area contributed by atoms with Crippen LogP contribution >= 0.6 is 0 Å². The van der Waals surface area contributed by atoms with Crippen molar-refractivity contribution in [3.8, 4) is 11.4 Å². The van der Waals surface area contributed by atoms with E-state index in [0.717, 1.165) is 12.1 Å². The summed E-state index contributed by atoms with van der Waals surface area (Å²) < 4.78 is 40.4. The Labute approximate surface area is 156 Å². The maximum atomic E-state index is 14.6. The monoisotopic (exact) mass is 375 g/mol. The summed E-state index contributed by atoms with van der Waals surface area (Å²) in [4.78, 5) is 1.20. The SMILES string of the molecule is CC(C)(C)OCC(C)(C)Oc1c(F)cc(-n2nc3ccccc3n2)cc1F. The molecule has 5 nitrogen and oxygen atoms in total. The average Bonchev–Trinajstić information content (AvgIpc) is 3.00. The van der Waals surface area contributed by atoms with Gasteiger partial charge in [-0.25, -0.2) is 8.78 Å². The van der Waals surface area contributed by atoms with E-state index in [1.54, 1.807) is 26.0 Å². The molecule has 0 fully saturated rings. The Bertz CT molecular complexity index is 905. The van der Waals surface area contributed by atoms with Crippen molar-refractivity contribution in [3.05, 3.63) is 48.0 Å². The van der Waals surface area contributed by atoms with Crippen LogP contribution in [0.2, 0.25) is 0 Å². The largest absolute Gasteiger partial charge is 0.479 e. The molecule has 0 bridgehead atoms. The molecule has 0 aliphatic rings. The minimum Gasteiger partial charge on any atom is -0.479 e. The van der Waals surface area contributed by atoms with Gasteiger partial charge in [-0.3, -0.25) is 0 Å². The fourth-order valence-corrected chi connectivity index (χ4v) is 2.43. The normalized spacial score (nSPS) is 12.6. The van der Waals surface area contributed by atoms with Crippen molar-refractivity contribution in [3.63, 3.8) is 0 Å². The van der Waals surface area contributed by atoms with Crippen LogP contribution in [0.3, 0.4) is 0 Å². The van der Waals surface area contributed by atoms with Gasteiger partial charge in [0.05, 0.1) is 17.9 Å². The van der Waals surface area contributed by atoms with Crippen molar-refractivity contribution in [1.29, 1.82) is 0 Å². The van der Waals surface area contributed by atoms with Gasteiger partial charge >= 0.3 is 0 Å². The van der Waals surface area contributed by atoms with Crippen molar-refractivity contribution in [2.45, 2.75) is 45.8 Å². The van der Waals surface area contributed by atoms with Crippen molar-refractivity contribution in [2.24, 2.45) is 0 Å². The maximum Gasteiger partial charge on any atom is 0.191 e. The number of ether oxygens (including phenoxy) is 2. The molecule has 3 aromatic rings. The molecule has 7 heteroatoms. The van der Waals surface area contributed by atoms with Gasteiger partial charge in [0, 0.05) is 12.1 Å². The second-order valence-electron chi connectivity index (χ2n) is 7.98. The fourth-order valence-electron chi connectivity index (χ4n) is 2.43. The lowest BCUT2D eigenvalue weighted by molar-refractivity contribution is -0.0741. The molecule has 0 aliphatic carbocycles. The van der Waals surface area contributed by atoms with Gasteiger partial charge < -0.3 is 9.47 Å². The van der Waals surface area contributed by atoms with E-state index in [4.69, 9.17) is 9.47 Å². The van der Waals surface area contributed by atoms with Crippen LogP contribution in [0.1, 0.15) is 34.6 Å². The van der Waals surface area contributed by atoms with E-state index in [-0.39, 0.29) is 17.9 Å². The van der Waals surface area contributed by atoms with E-state index >= 15 is 0 Å². The third kappa shape index (κ3) is 4.60. The average molecular weight is 375 g/mol. The molecule has 0 aliphatic heterocycles. The molecular weight excluding hydrogens is 352 g/mol. The third-order valence-electron chi connectivity index (χ3n) is 3.73. The van der Waals surface area contributed by atoms with E-state index in [1.165, 1.54) is 4.80 Å². The lowest BCUT2D eigenvalue weighted by Gasteiger charge is -2.30. The van der Waals surface area contributed by atoms with Gasteiger partial charge in [0.2, 0.25) is 0 Å². The van der Waals surface area contributed by atoms with E-state index in [0.29, 0.717) is 11.0 Å². The van der Waals surface area contributed by atoms with Crippen LogP contribution in [0.4, 0.5) is 8.78 Å². The van der Waals surface area contributed by atoms with Crippen LogP contribution in [0.25, 0.3) is 16.7 Å². The molecule has 0 unspecified atom stereocenters. The molecule has 0 saturated heterocycles.